The zero-order valence-corrected chi connectivity index (χ0v) is 12.6. The number of fused-ring (bicyclic) bond motifs is 1. The number of aromatic nitrogens is 1. The highest BCUT2D eigenvalue weighted by atomic mass is 16.5. The predicted octanol–water partition coefficient (Wildman–Crippen LogP) is 1.27. The third kappa shape index (κ3) is 2.67. The summed E-state index contributed by atoms with van der Waals surface area (Å²) in [4.78, 5) is 16.7. The van der Waals surface area contributed by atoms with E-state index in [4.69, 9.17) is 15.6 Å². The van der Waals surface area contributed by atoms with Gasteiger partial charge in [-0.2, -0.15) is 0 Å². The van der Waals surface area contributed by atoms with Crippen LogP contribution in [-0.2, 0) is 16.0 Å². The summed E-state index contributed by atoms with van der Waals surface area (Å²) in [6.07, 6.45) is 0.322. The van der Waals surface area contributed by atoms with E-state index in [1.165, 1.54) is 0 Å². The molecule has 1 aliphatic heterocycles. The first-order chi connectivity index (χ1) is 10.6. The number of rotatable bonds is 4. The van der Waals surface area contributed by atoms with Gasteiger partial charge in [-0.15, -0.1) is 0 Å². The molecule has 3 rings (SSSR count). The molecule has 1 aromatic heterocycles. The maximum atomic E-state index is 11.1. The Morgan fingerprint density at radius 2 is 2.18 bits per heavy atom. The van der Waals surface area contributed by atoms with Crippen molar-refractivity contribution < 1.29 is 14.6 Å². The van der Waals surface area contributed by atoms with Gasteiger partial charge in [-0.3, -0.25) is 4.79 Å². The van der Waals surface area contributed by atoms with Crippen molar-refractivity contribution in [1.29, 1.82) is 0 Å². The zero-order chi connectivity index (χ0) is 15.7. The molecule has 1 saturated heterocycles. The van der Waals surface area contributed by atoms with Crippen LogP contribution in [0.15, 0.2) is 18.2 Å². The van der Waals surface area contributed by atoms with Crippen LogP contribution in [0.1, 0.15) is 11.3 Å². The van der Waals surface area contributed by atoms with Crippen molar-refractivity contribution in [3.05, 3.63) is 29.5 Å². The number of aromatic amines is 1. The van der Waals surface area contributed by atoms with Gasteiger partial charge in [0.2, 0.25) is 0 Å². The Bertz CT molecular complexity index is 689. The number of hydrogen-bond donors (Lipinski definition) is 3. The van der Waals surface area contributed by atoms with Gasteiger partial charge in [-0.25, -0.2) is 0 Å². The van der Waals surface area contributed by atoms with Crippen molar-refractivity contribution in [2.24, 2.45) is 5.73 Å². The molecule has 2 heterocycles. The van der Waals surface area contributed by atoms with Crippen LogP contribution in [-0.4, -0.2) is 48.4 Å². The Morgan fingerprint density at radius 3 is 2.86 bits per heavy atom. The molecule has 0 amide bonds. The average molecular weight is 303 g/mol. The van der Waals surface area contributed by atoms with Gasteiger partial charge >= 0.3 is 5.97 Å². The summed E-state index contributed by atoms with van der Waals surface area (Å²) in [7, 11) is 0. The first kappa shape index (κ1) is 14.9. The van der Waals surface area contributed by atoms with Crippen molar-refractivity contribution in [1.82, 2.24) is 4.98 Å². The number of aliphatic carboxylic acids is 1. The number of carbonyl (C=O) groups is 1. The molecule has 118 valence electrons. The number of benzene rings is 1. The van der Waals surface area contributed by atoms with Crippen LogP contribution in [0.3, 0.4) is 0 Å². The molecule has 0 bridgehead atoms. The molecule has 0 radical (unpaired) electrons. The van der Waals surface area contributed by atoms with E-state index in [1.54, 1.807) is 0 Å². The van der Waals surface area contributed by atoms with Crippen molar-refractivity contribution >= 4 is 22.6 Å². The van der Waals surface area contributed by atoms with E-state index < -0.39 is 12.0 Å². The second kappa shape index (κ2) is 5.98. The van der Waals surface area contributed by atoms with Gasteiger partial charge in [0.1, 0.15) is 6.04 Å². The number of carboxylic acid groups (broad SMARTS) is 1. The van der Waals surface area contributed by atoms with E-state index in [2.05, 4.69) is 16.0 Å². The number of nitrogens with one attached hydrogen (secondary N) is 1. The Labute approximate surface area is 128 Å². The number of anilines is 1. The Morgan fingerprint density at radius 1 is 1.45 bits per heavy atom. The fourth-order valence-corrected chi connectivity index (χ4v) is 3.06. The molecular formula is C16H21N3O3. The molecule has 0 saturated carbocycles. The highest BCUT2D eigenvalue weighted by Crippen LogP contribution is 2.33. The van der Waals surface area contributed by atoms with Crippen LogP contribution < -0.4 is 10.6 Å². The summed E-state index contributed by atoms with van der Waals surface area (Å²) < 4.78 is 5.42. The predicted molar refractivity (Wildman–Crippen MR) is 85.4 cm³/mol. The third-order valence-corrected chi connectivity index (χ3v) is 4.21. The zero-order valence-electron chi connectivity index (χ0n) is 12.6. The van der Waals surface area contributed by atoms with Crippen molar-refractivity contribution in [3.63, 3.8) is 0 Å². The smallest absolute Gasteiger partial charge is 0.320 e. The summed E-state index contributed by atoms with van der Waals surface area (Å²) in [5.74, 6) is -0.974. The molecule has 6 nitrogen and oxygen atoms in total. The van der Waals surface area contributed by atoms with E-state index in [-0.39, 0.29) is 0 Å². The van der Waals surface area contributed by atoms with Gasteiger partial charge in [0.15, 0.2) is 0 Å². The lowest BCUT2D eigenvalue weighted by Crippen LogP contribution is -2.36. The Balaban J connectivity index is 2.07. The van der Waals surface area contributed by atoms with Crippen LogP contribution in [0, 0.1) is 6.92 Å². The molecule has 0 spiro atoms. The number of ether oxygens (including phenoxy) is 1. The standard InChI is InChI=1S/C16H21N3O3/c1-10-11(9-12(17)16(20)21)15-13(18-10)3-2-4-14(15)19-5-7-22-8-6-19/h2-4,12,18H,5-9,17H2,1H3,(H,20,21). The van der Waals surface area contributed by atoms with E-state index in [0.29, 0.717) is 19.6 Å². The molecule has 1 fully saturated rings. The van der Waals surface area contributed by atoms with Crippen LogP contribution in [0.4, 0.5) is 5.69 Å². The summed E-state index contributed by atoms with van der Waals surface area (Å²) >= 11 is 0. The summed E-state index contributed by atoms with van der Waals surface area (Å²) in [5.41, 5.74) is 9.87. The second-order valence-electron chi connectivity index (χ2n) is 5.68. The fraction of sp³-hybridized carbons (Fsp3) is 0.438. The molecule has 1 unspecified atom stereocenters. The Kier molecular flexibility index (Phi) is 4.04. The minimum atomic E-state index is -0.974. The maximum Gasteiger partial charge on any atom is 0.320 e. The summed E-state index contributed by atoms with van der Waals surface area (Å²) in [6, 6.07) is 5.22. The molecule has 0 aliphatic carbocycles. The SMILES string of the molecule is Cc1[nH]c2cccc(N3CCOCC3)c2c1CC(N)C(=O)O. The minimum absolute atomic E-state index is 0.322. The quantitative estimate of drug-likeness (QED) is 0.791. The lowest BCUT2D eigenvalue weighted by Gasteiger charge is -2.29. The number of carboxylic acids is 1. The van der Waals surface area contributed by atoms with Crippen LogP contribution in [0.5, 0.6) is 0 Å². The van der Waals surface area contributed by atoms with Crippen molar-refractivity contribution in [3.8, 4) is 0 Å². The lowest BCUT2D eigenvalue weighted by molar-refractivity contribution is -0.138. The Hall–Kier alpha value is -2.05. The number of hydrogen-bond acceptors (Lipinski definition) is 4. The molecule has 6 heteroatoms. The summed E-state index contributed by atoms with van der Waals surface area (Å²) in [6.45, 7) is 5.07. The molecular weight excluding hydrogens is 282 g/mol. The second-order valence-corrected chi connectivity index (χ2v) is 5.68. The van der Waals surface area contributed by atoms with E-state index in [9.17, 15) is 4.79 Å². The van der Waals surface area contributed by atoms with Crippen LogP contribution >= 0.6 is 0 Å². The number of nitrogens with zero attached hydrogens (tertiary/aromatic N) is 1. The molecule has 1 aromatic carbocycles. The molecule has 2 aromatic rings. The third-order valence-electron chi connectivity index (χ3n) is 4.21. The highest BCUT2D eigenvalue weighted by Gasteiger charge is 2.21. The van der Waals surface area contributed by atoms with Crippen LogP contribution in [0.25, 0.3) is 10.9 Å². The van der Waals surface area contributed by atoms with Gasteiger partial charge < -0.3 is 25.5 Å². The first-order valence-corrected chi connectivity index (χ1v) is 7.49. The number of morpholine rings is 1. The maximum absolute atomic E-state index is 11.1. The topological polar surface area (TPSA) is 91.6 Å². The normalized spacial score (nSPS) is 16.9. The monoisotopic (exact) mass is 303 g/mol. The van der Waals surface area contributed by atoms with Crippen LogP contribution in [0.2, 0.25) is 0 Å². The number of nitrogens with two attached hydrogens (primary N) is 1. The van der Waals surface area contributed by atoms with Gasteiger partial charge in [-0.1, -0.05) is 6.07 Å². The van der Waals surface area contributed by atoms with Gasteiger partial charge in [0.05, 0.1) is 13.2 Å². The minimum Gasteiger partial charge on any atom is -0.480 e. The first-order valence-electron chi connectivity index (χ1n) is 7.49. The number of H-pyrrole nitrogens is 1. The van der Waals surface area contributed by atoms with Gasteiger partial charge in [0, 0.05) is 41.8 Å². The molecule has 4 N–H and O–H groups in total. The fourth-order valence-electron chi connectivity index (χ4n) is 3.06. The largest absolute Gasteiger partial charge is 0.480 e. The lowest BCUT2D eigenvalue weighted by atomic mass is 10.0. The molecule has 22 heavy (non-hydrogen) atoms. The van der Waals surface area contributed by atoms with Gasteiger partial charge in [-0.05, 0) is 24.6 Å². The molecule has 1 atom stereocenters. The average Bonchev–Trinajstić information content (AvgIpc) is 2.84. The van der Waals surface area contributed by atoms with Crippen molar-refractivity contribution in [2.45, 2.75) is 19.4 Å². The van der Waals surface area contributed by atoms with Gasteiger partial charge in [0.25, 0.3) is 0 Å². The van der Waals surface area contributed by atoms with Crippen molar-refractivity contribution in [2.75, 3.05) is 31.2 Å². The summed E-state index contributed by atoms with van der Waals surface area (Å²) in [5, 5.41) is 10.2. The molecule has 1 aliphatic rings. The number of aryl methyl sites for hydroxylation is 1. The van der Waals surface area contributed by atoms with E-state index in [1.807, 2.05) is 19.1 Å². The highest BCUT2D eigenvalue weighted by molar-refractivity contribution is 5.97. The van der Waals surface area contributed by atoms with E-state index in [0.717, 1.165) is 40.9 Å². The van der Waals surface area contributed by atoms with E-state index >= 15 is 0 Å².